The van der Waals surface area contributed by atoms with Crippen molar-refractivity contribution in [2.45, 2.75) is 51.2 Å². The maximum atomic E-state index is 12.6. The SMILES string of the molecule is CN(C)Cc1cccc(CS(=O)(=O)C[Si](C)(C)C(C)(C)C)c1. The summed E-state index contributed by atoms with van der Waals surface area (Å²) in [6.07, 6.45) is 0. The van der Waals surface area contributed by atoms with Crippen molar-refractivity contribution in [2.24, 2.45) is 0 Å². The van der Waals surface area contributed by atoms with E-state index in [0.717, 1.165) is 17.7 Å². The van der Waals surface area contributed by atoms with Crippen molar-refractivity contribution in [3.63, 3.8) is 0 Å². The molecular weight excluding hydrogens is 310 g/mol. The predicted octanol–water partition coefficient (Wildman–Crippen LogP) is 3.71. The molecule has 3 nitrogen and oxygen atoms in total. The van der Waals surface area contributed by atoms with Gasteiger partial charge in [0.1, 0.15) is 0 Å². The summed E-state index contributed by atoms with van der Waals surface area (Å²) >= 11 is 0. The summed E-state index contributed by atoms with van der Waals surface area (Å²) in [6.45, 7) is 11.7. The van der Waals surface area contributed by atoms with Crippen LogP contribution in [0.1, 0.15) is 31.9 Å². The summed E-state index contributed by atoms with van der Waals surface area (Å²) < 4.78 is 25.2. The second-order valence-corrected chi connectivity index (χ2v) is 16.4. The van der Waals surface area contributed by atoms with Crippen LogP contribution in [-0.2, 0) is 22.1 Å². The Morgan fingerprint density at radius 2 is 1.64 bits per heavy atom. The van der Waals surface area contributed by atoms with Crippen LogP contribution in [-0.4, -0.2) is 40.9 Å². The molecule has 0 unspecified atom stereocenters. The van der Waals surface area contributed by atoms with Gasteiger partial charge < -0.3 is 4.90 Å². The second kappa shape index (κ2) is 6.85. The van der Waals surface area contributed by atoms with E-state index in [2.05, 4.69) is 38.8 Å². The Bertz CT molecular complexity index is 601. The summed E-state index contributed by atoms with van der Waals surface area (Å²) in [4.78, 5) is 2.09. The average molecular weight is 342 g/mol. The van der Waals surface area contributed by atoms with Crippen molar-refractivity contribution in [3.8, 4) is 0 Å². The molecule has 0 aliphatic carbocycles. The van der Waals surface area contributed by atoms with Gasteiger partial charge >= 0.3 is 0 Å². The molecule has 0 saturated heterocycles. The highest BCUT2D eigenvalue weighted by Crippen LogP contribution is 2.37. The Balaban J connectivity index is 2.89. The van der Waals surface area contributed by atoms with Gasteiger partial charge in [0.25, 0.3) is 0 Å². The lowest BCUT2D eigenvalue weighted by atomic mass is 10.1. The van der Waals surface area contributed by atoms with E-state index in [0.29, 0.717) is 5.38 Å². The lowest BCUT2D eigenvalue weighted by Gasteiger charge is -2.36. The van der Waals surface area contributed by atoms with Crippen molar-refractivity contribution in [1.82, 2.24) is 4.90 Å². The second-order valence-electron chi connectivity index (χ2n) is 8.22. The molecule has 0 radical (unpaired) electrons. The van der Waals surface area contributed by atoms with Crippen molar-refractivity contribution in [3.05, 3.63) is 35.4 Å². The molecule has 0 spiro atoms. The first kappa shape index (κ1) is 19.4. The minimum absolute atomic E-state index is 0.0901. The number of hydrogen-bond acceptors (Lipinski definition) is 3. The number of nitrogens with zero attached hydrogens (tertiary/aromatic N) is 1. The van der Waals surface area contributed by atoms with E-state index in [-0.39, 0.29) is 10.8 Å². The normalized spacial score (nSPS) is 13.6. The Hall–Kier alpha value is -0.653. The van der Waals surface area contributed by atoms with E-state index in [4.69, 9.17) is 0 Å². The van der Waals surface area contributed by atoms with Gasteiger partial charge in [-0.3, -0.25) is 0 Å². The zero-order valence-corrected chi connectivity index (χ0v) is 16.9. The smallest absolute Gasteiger partial charge is 0.151 e. The van der Waals surface area contributed by atoms with Crippen LogP contribution in [0.25, 0.3) is 0 Å². The molecule has 5 heteroatoms. The van der Waals surface area contributed by atoms with Gasteiger partial charge in [0, 0.05) is 11.9 Å². The highest BCUT2D eigenvalue weighted by molar-refractivity contribution is 7.92. The molecule has 1 aromatic rings. The molecule has 0 heterocycles. The molecule has 0 fully saturated rings. The summed E-state index contributed by atoms with van der Waals surface area (Å²) in [7, 11) is -0.873. The molecule has 1 rings (SSSR count). The summed E-state index contributed by atoms with van der Waals surface area (Å²) in [6, 6.07) is 7.94. The Labute approximate surface area is 137 Å². The average Bonchev–Trinajstić information content (AvgIpc) is 2.23. The minimum atomic E-state index is -3.07. The molecule has 126 valence electrons. The number of hydrogen-bond donors (Lipinski definition) is 0. The first-order valence-corrected chi connectivity index (χ1v) is 12.8. The molecular formula is C17H31NO2SSi. The standard InChI is InChI=1S/C17H31NO2SSi/c1-17(2,3)22(6,7)14-21(19,20)13-16-10-8-9-15(11-16)12-18(4)5/h8-11H,12-14H2,1-7H3. The third-order valence-electron chi connectivity index (χ3n) is 4.49. The van der Waals surface area contributed by atoms with Gasteiger partial charge in [-0.1, -0.05) is 58.1 Å². The summed E-state index contributed by atoms with van der Waals surface area (Å²) in [5.74, 6) is 0.154. The largest absolute Gasteiger partial charge is 0.305 e. The van der Waals surface area contributed by atoms with Gasteiger partial charge in [0.05, 0.1) is 13.8 Å². The van der Waals surface area contributed by atoms with Crippen molar-refractivity contribution in [2.75, 3.05) is 19.5 Å². The maximum Gasteiger partial charge on any atom is 0.151 e. The van der Waals surface area contributed by atoms with E-state index in [1.54, 1.807) is 0 Å². The zero-order chi connectivity index (χ0) is 17.2. The Kier molecular flexibility index (Phi) is 6.04. The van der Waals surface area contributed by atoms with Gasteiger partial charge in [-0.25, -0.2) is 8.42 Å². The van der Waals surface area contributed by atoms with Crippen molar-refractivity contribution < 1.29 is 8.42 Å². The molecule has 1 aromatic carbocycles. The number of rotatable bonds is 6. The van der Waals surface area contributed by atoms with E-state index >= 15 is 0 Å². The monoisotopic (exact) mass is 341 g/mol. The topological polar surface area (TPSA) is 37.4 Å². The fourth-order valence-electron chi connectivity index (χ4n) is 2.25. The highest BCUT2D eigenvalue weighted by Gasteiger charge is 2.38. The molecule has 0 N–H and O–H groups in total. The maximum absolute atomic E-state index is 12.6. The Morgan fingerprint density at radius 3 is 2.14 bits per heavy atom. The molecule has 0 bridgehead atoms. The summed E-state index contributed by atoms with van der Waals surface area (Å²) in [5, 5.41) is 0.439. The van der Waals surface area contributed by atoms with Crippen LogP contribution >= 0.6 is 0 Å². The van der Waals surface area contributed by atoms with E-state index in [1.165, 1.54) is 0 Å². The van der Waals surface area contributed by atoms with Gasteiger partial charge in [0.15, 0.2) is 9.84 Å². The van der Waals surface area contributed by atoms with E-state index in [1.807, 2.05) is 38.4 Å². The van der Waals surface area contributed by atoms with Crippen LogP contribution in [0.2, 0.25) is 18.1 Å². The van der Waals surface area contributed by atoms with Crippen LogP contribution in [0.5, 0.6) is 0 Å². The molecule has 0 saturated carbocycles. The van der Waals surface area contributed by atoms with Crippen molar-refractivity contribution in [1.29, 1.82) is 0 Å². The molecule has 22 heavy (non-hydrogen) atoms. The first-order chi connectivity index (χ1) is 9.82. The van der Waals surface area contributed by atoms with Gasteiger partial charge in [-0.15, -0.1) is 0 Å². The molecule has 0 aromatic heterocycles. The first-order valence-electron chi connectivity index (χ1n) is 7.75. The van der Waals surface area contributed by atoms with Gasteiger partial charge in [0.2, 0.25) is 0 Å². The number of sulfone groups is 1. The van der Waals surface area contributed by atoms with Crippen LogP contribution in [0.15, 0.2) is 24.3 Å². The van der Waals surface area contributed by atoms with E-state index < -0.39 is 17.9 Å². The van der Waals surface area contributed by atoms with Gasteiger partial charge in [-0.2, -0.15) is 0 Å². The van der Waals surface area contributed by atoms with Crippen LogP contribution < -0.4 is 0 Å². The van der Waals surface area contributed by atoms with Crippen LogP contribution in [0.3, 0.4) is 0 Å². The van der Waals surface area contributed by atoms with Crippen LogP contribution in [0, 0.1) is 0 Å². The predicted molar refractivity (Wildman–Crippen MR) is 98.5 cm³/mol. The third-order valence-corrected chi connectivity index (χ3v) is 14.0. The van der Waals surface area contributed by atoms with Crippen LogP contribution in [0.4, 0.5) is 0 Å². The van der Waals surface area contributed by atoms with Crippen molar-refractivity contribution >= 4 is 17.9 Å². The molecule has 0 amide bonds. The molecule has 0 aliphatic heterocycles. The van der Waals surface area contributed by atoms with E-state index in [9.17, 15) is 8.42 Å². The quantitative estimate of drug-likeness (QED) is 0.740. The zero-order valence-electron chi connectivity index (χ0n) is 15.1. The minimum Gasteiger partial charge on any atom is -0.305 e. The highest BCUT2D eigenvalue weighted by atomic mass is 32.2. The fraction of sp³-hybridized carbons (Fsp3) is 0.647. The molecule has 0 atom stereocenters. The lowest BCUT2D eigenvalue weighted by molar-refractivity contribution is 0.402. The van der Waals surface area contributed by atoms with Gasteiger partial charge in [-0.05, 0) is 30.3 Å². The lowest BCUT2D eigenvalue weighted by Crippen LogP contribution is -2.44. The molecule has 0 aliphatic rings. The Morgan fingerprint density at radius 1 is 1.09 bits per heavy atom. The third kappa shape index (κ3) is 5.86. The summed E-state index contributed by atoms with van der Waals surface area (Å²) in [5.41, 5.74) is 2.06. The number of benzene rings is 1. The fourth-order valence-corrected chi connectivity index (χ4v) is 9.48.